The van der Waals surface area contributed by atoms with E-state index in [1.807, 2.05) is 12.1 Å². The van der Waals surface area contributed by atoms with Gasteiger partial charge in [0.1, 0.15) is 18.6 Å². The maximum Gasteiger partial charge on any atom is 0.407 e. The quantitative estimate of drug-likeness (QED) is 0.516. The number of rotatable bonds is 7. The lowest BCUT2D eigenvalue weighted by Crippen LogP contribution is -2.28. The standard InChI is InChI=1S/C18H21ClN4O6/c19-17-20-16(23(27)28)10-21(17)7-5-14(24)11-29-15-4-3-13-9-22(18(25)26)6-1-2-12(13)8-15/h3-4,8,10,14,24H,1-2,5-7,9,11H2,(H,25,26)/t14-/m1/s1. The van der Waals surface area contributed by atoms with Crippen LogP contribution in [0.2, 0.25) is 5.28 Å². The molecular weight excluding hydrogens is 404 g/mol. The molecule has 0 saturated carbocycles. The molecule has 0 aliphatic carbocycles. The summed E-state index contributed by atoms with van der Waals surface area (Å²) in [6, 6.07) is 5.49. The number of hydrogen-bond donors (Lipinski definition) is 2. The van der Waals surface area contributed by atoms with Crippen LogP contribution in [0.5, 0.6) is 5.75 Å². The van der Waals surface area contributed by atoms with Crippen LogP contribution in [0.4, 0.5) is 10.6 Å². The number of aromatic nitrogens is 2. The van der Waals surface area contributed by atoms with Gasteiger partial charge in [-0.15, -0.1) is 0 Å². The number of halogens is 1. The van der Waals surface area contributed by atoms with Gasteiger partial charge in [-0.25, -0.2) is 4.79 Å². The van der Waals surface area contributed by atoms with Crippen LogP contribution >= 0.6 is 11.6 Å². The molecule has 1 aromatic carbocycles. The minimum absolute atomic E-state index is 0.00836. The van der Waals surface area contributed by atoms with Gasteiger partial charge < -0.3 is 30.0 Å². The van der Waals surface area contributed by atoms with E-state index in [0.29, 0.717) is 18.8 Å². The molecule has 11 heteroatoms. The Morgan fingerprint density at radius 2 is 2.21 bits per heavy atom. The SMILES string of the molecule is O=C(O)N1CCCc2cc(OC[C@H](O)CCn3cc([N+](=O)[O-])nc3Cl)ccc2C1. The van der Waals surface area contributed by atoms with Gasteiger partial charge in [-0.3, -0.25) is 4.57 Å². The largest absolute Gasteiger partial charge is 0.491 e. The van der Waals surface area contributed by atoms with Gasteiger partial charge in [0.25, 0.3) is 0 Å². The van der Waals surface area contributed by atoms with E-state index in [0.717, 1.165) is 24.0 Å². The van der Waals surface area contributed by atoms with E-state index in [2.05, 4.69) is 4.98 Å². The van der Waals surface area contributed by atoms with Crippen molar-refractivity contribution in [3.05, 3.63) is 50.9 Å². The van der Waals surface area contributed by atoms with Crippen LogP contribution in [-0.4, -0.2) is 54.9 Å². The van der Waals surface area contributed by atoms with Crippen molar-refractivity contribution in [2.75, 3.05) is 13.2 Å². The monoisotopic (exact) mass is 424 g/mol. The first-order valence-corrected chi connectivity index (χ1v) is 9.49. The van der Waals surface area contributed by atoms with Crippen LogP contribution in [0.3, 0.4) is 0 Å². The summed E-state index contributed by atoms with van der Waals surface area (Å²) in [4.78, 5) is 26.3. The fraction of sp³-hybridized carbons (Fsp3) is 0.444. The van der Waals surface area contributed by atoms with Crippen molar-refractivity contribution >= 4 is 23.5 Å². The molecule has 1 aliphatic rings. The maximum absolute atomic E-state index is 11.2. The molecule has 1 amide bonds. The summed E-state index contributed by atoms with van der Waals surface area (Å²) in [6.07, 6.45) is 1.28. The van der Waals surface area contributed by atoms with Crippen molar-refractivity contribution in [2.45, 2.75) is 38.5 Å². The summed E-state index contributed by atoms with van der Waals surface area (Å²) in [5.41, 5.74) is 1.99. The second-order valence-corrected chi connectivity index (χ2v) is 7.15. The van der Waals surface area contributed by atoms with Crippen LogP contribution in [-0.2, 0) is 19.5 Å². The van der Waals surface area contributed by atoms with Gasteiger partial charge in [0.05, 0.1) is 6.10 Å². The third kappa shape index (κ3) is 5.36. The lowest BCUT2D eigenvalue weighted by atomic mass is 10.0. The van der Waals surface area contributed by atoms with Crippen molar-refractivity contribution in [3.8, 4) is 5.75 Å². The minimum Gasteiger partial charge on any atom is -0.491 e. The van der Waals surface area contributed by atoms with E-state index >= 15 is 0 Å². The van der Waals surface area contributed by atoms with E-state index in [1.165, 1.54) is 15.7 Å². The summed E-state index contributed by atoms with van der Waals surface area (Å²) >= 11 is 5.85. The Labute approximate surface area is 171 Å². The molecule has 156 valence electrons. The molecule has 29 heavy (non-hydrogen) atoms. The number of nitrogens with zero attached hydrogens (tertiary/aromatic N) is 4. The normalized spacial score (nSPS) is 14.8. The fourth-order valence-electron chi connectivity index (χ4n) is 3.18. The summed E-state index contributed by atoms with van der Waals surface area (Å²) < 4.78 is 7.07. The predicted molar refractivity (Wildman–Crippen MR) is 103 cm³/mol. The lowest BCUT2D eigenvalue weighted by molar-refractivity contribution is -0.389. The van der Waals surface area contributed by atoms with E-state index in [-0.39, 0.29) is 30.7 Å². The third-order valence-electron chi connectivity index (χ3n) is 4.73. The Morgan fingerprint density at radius 1 is 1.41 bits per heavy atom. The molecule has 1 aliphatic heterocycles. The molecule has 3 rings (SSSR count). The molecule has 2 N–H and O–H groups in total. The number of carbonyl (C=O) groups is 1. The van der Waals surface area contributed by atoms with Crippen molar-refractivity contribution in [1.82, 2.24) is 14.5 Å². The zero-order valence-corrected chi connectivity index (χ0v) is 16.3. The molecule has 2 heterocycles. The van der Waals surface area contributed by atoms with Gasteiger partial charge in [0.2, 0.25) is 0 Å². The Morgan fingerprint density at radius 3 is 2.90 bits per heavy atom. The average molecular weight is 425 g/mol. The summed E-state index contributed by atoms with van der Waals surface area (Å²) in [6.45, 7) is 1.16. The van der Waals surface area contributed by atoms with Gasteiger partial charge in [-0.05, 0) is 64.0 Å². The molecule has 0 spiro atoms. The molecule has 1 aromatic heterocycles. The highest BCUT2D eigenvalue weighted by Gasteiger charge is 2.19. The maximum atomic E-state index is 11.2. The molecular formula is C18H21ClN4O6. The molecule has 0 fully saturated rings. The average Bonchev–Trinajstić information content (AvgIpc) is 2.92. The highest BCUT2D eigenvalue weighted by atomic mass is 35.5. The zero-order valence-electron chi connectivity index (χ0n) is 15.5. The Hall–Kier alpha value is -2.85. The number of benzene rings is 1. The highest BCUT2D eigenvalue weighted by molar-refractivity contribution is 6.28. The first kappa shape index (κ1) is 20.9. The number of nitro groups is 1. The van der Waals surface area contributed by atoms with E-state index < -0.39 is 17.1 Å². The van der Waals surface area contributed by atoms with E-state index in [4.69, 9.17) is 16.3 Å². The second-order valence-electron chi connectivity index (χ2n) is 6.81. The Balaban J connectivity index is 1.53. The van der Waals surface area contributed by atoms with Crippen molar-refractivity contribution in [3.63, 3.8) is 0 Å². The van der Waals surface area contributed by atoms with Crippen molar-refractivity contribution in [1.29, 1.82) is 0 Å². The van der Waals surface area contributed by atoms with Crippen LogP contribution in [0, 0.1) is 10.1 Å². The van der Waals surface area contributed by atoms with Crippen molar-refractivity contribution in [2.24, 2.45) is 0 Å². The molecule has 1 atom stereocenters. The number of hydrogen-bond acceptors (Lipinski definition) is 6. The van der Waals surface area contributed by atoms with Crippen LogP contribution < -0.4 is 4.74 Å². The van der Waals surface area contributed by atoms with Gasteiger partial charge in [-0.1, -0.05) is 6.07 Å². The first-order chi connectivity index (χ1) is 13.8. The van der Waals surface area contributed by atoms with Gasteiger partial charge >= 0.3 is 17.2 Å². The lowest BCUT2D eigenvalue weighted by Gasteiger charge is -2.17. The number of ether oxygens (including phenoxy) is 1. The van der Waals surface area contributed by atoms with Crippen molar-refractivity contribution < 1.29 is 24.7 Å². The highest BCUT2D eigenvalue weighted by Crippen LogP contribution is 2.24. The van der Waals surface area contributed by atoms with Gasteiger partial charge in [0.15, 0.2) is 0 Å². The zero-order chi connectivity index (χ0) is 21.0. The van der Waals surface area contributed by atoms with Gasteiger partial charge in [-0.2, -0.15) is 0 Å². The number of amides is 1. The predicted octanol–water partition coefficient (Wildman–Crippen LogP) is 2.70. The summed E-state index contributed by atoms with van der Waals surface area (Å²) in [5.74, 6) is 0.259. The summed E-state index contributed by atoms with van der Waals surface area (Å²) in [5, 5.41) is 30.0. The third-order valence-corrected chi connectivity index (χ3v) is 5.03. The van der Waals surface area contributed by atoms with Crippen LogP contribution in [0.15, 0.2) is 24.4 Å². The number of aliphatic hydroxyl groups is 1. The molecule has 0 unspecified atom stereocenters. The second kappa shape index (κ2) is 9.10. The number of imidazole rings is 1. The van der Waals surface area contributed by atoms with Crippen LogP contribution in [0.1, 0.15) is 24.0 Å². The number of carboxylic acid groups (broad SMARTS) is 1. The number of aliphatic hydroxyl groups excluding tert-OH is 1. The van der Waals surface area contributed by atoms with E-state index in [1.54, 1.807) is 6.07 Å². The number of aryl methyl sites for hydroxylation is 2. The Bertz CT molecular complexity index is 902. The molecule has 0 bridgehead atoms. The number of fused-ring (bicyclic) bond motifs is 1. The minimum atomic E-state index is -0.926. The molecule has 10 nitrogen and oxygen atoms in total. The Kier molecular flexibility index (Phi) is 6.55. The first-order valence-electron chi connectivity index (χ1n) is 9.11. The van der Waals surface area contributed by atoms with Crippen LogP contribution in [0.25, 0.3) is 0 Å². The fourth-order valence-corrected chi connectivity index (χ4v) is 3.40. The van der Waals surface area contributed by atoms with E-state index in [9.17, 15) is 25.1 Å². The summed E-state index contributed by atoms with van der Waals surface area (Å²) in [7, 11) is 0. The molecule has 0 radical (unpaired) electrons. The van der Waals surface area contributed by atoms with Gasteiger partial charge in [0, 0.05) is 19.6 Å². The molecule has 0 saturated heterocycles. The topological polar surface area (TPSA) is 131 Å². The smallest absolute Gasteiger partial charge is 0.407 e. The molecule has 2 aromatic rings.